The van der Waals surface area contributed by atoms with E-state index in [1.54, 1.807) is 4.90 Å². The van der Waals surface area contributed by atoms with Crippen LogP contribution in [0, 0.1) is 18.3 Å². The number of rotatable bonds is 3. The summed E-state index contributed by atoms with van der Waals surface area (Å²) in [6, 6.07) is 12.0. The predicted molar refractivity (Wildman–Crippen MR) is 69.7 cm³/mol. The van der Waals surface area contributed by atoms with Gasteiger partial charge in [-0.15, -0.1) is 0 Å². The van der Waals surface area contributed by atoms with Gasteiger partial charge in [0.2, 0.25) is 0 Å². The van der Waals surface area contributed by atoms with Crippen LogP contribution in [0.2, 0.25) is 0 Å². The van der Waals surface area contributed by atoms with Crippen LogP contribution in [-0.4, -0.2) is 30.5 Å². The van der Waals surface area contributed by atoms with Gasteiger partial charge < -0.3 is 0 Å². The summed E-state index contributed by atoms with van der Waals surface area (Å²) in [5.74, 6) is -2.92. The van der Waals surface area contributed by atoms with Gasteiger partial charge in [-0.3, -0.25) is 4.90 Å². The van der Waals surface area contributed by atoms with Crippen LogP contribution >= 0.6 is 0 Å². The molecular formula is C15H17F2N2. The SMILES string of the molecule is [CH2]C(F)(F)CN1CCC(C#N)(c2ccccc2)CC1. The largest absolute Gasteiger partial charge is 0.297 e. The fourth-order valence-corrected chi connectivity index (χ4v) is 2.64. The van der Waals surface area contributed by atoms with Gasteiger partial charge >= 0.3 is 0 Å². The monoisotopic (exact) mass is 263 g/mol. The molecule has 2 nitrogen and oxygen atoms in total. The maximum atomic E-state index is 12.9. The van der Waals surface area contributed by atoms with Crippen LogP contribution in [0.15, 0.2) is 30.3 Å². The molecule has 19 heavy (non-hydrogen) atoms. The Labute approximate surface area is 112 Å². The van der Waals surface area contributed by atoms with E-state index in [1.165, 1.54) is 0 Å². The summed E-state index contributed by atoms with van der Waals surface area (Å²) in [6.07, 6.45) is 1.17. The van der Waals surface area contributed by atoms with Gasteiger partial charge in [-0.2, -0.15) is 5.26 Å². The van der Waals surface area contributed by atoms with Crippen LogP contribution in [-0.2, 0) is 5.41 Å². The average Bonchev–Trinajstić information content (AvgIpc) is 2.39. The lowest BCUT2D eigenvalue weighted by Crippen LogP contribution is -2.45. The molecule has 1 aromatic rings. The molecule has 0 aromatic heterocycles. The van der Waals surface area contributed by atoms with Crippen molar-refractivity contribution >= 4 is 0 Å². The summed E-state index contributed by atoms with van der Waals surface area (Å²) >= 11 is 0. The molecule has 1 fully saturated rings. The second-order valence-electron chi connectivity index (χ2n) is 5.19. The van der Waals surface area contributed by atoms with Crippen LogP contribution in [0.4, 0.5) is 8.78 Å². The number of nitrogens with zero attached hydrogens (tertiary/aromatic N) is 2. The average molecular weight is 263 g/mol. The fraction of sp³-hybridized carbons (Fsp3) is 0.467. The van der Waals surface area contributed by atoms with Crippen LogP contribution in [0.5, 0.6) is 0 Å². The highest BCUT2D eigenvalue weighted by Gasteiger charge is 2.38. The summed E-state index contributed by atoms with van der Waals surface area (Å²) in [5, 5.41) is 9.48. The Morgan fingerprint density at radius 2 is 1.84 bits per heavy atom. The van der Waals surface area contributed by atoms with Gasteiger partial charge in [-0.05, 0) is 18.4 Å². The number of likely N-dealkylation sites (tertiary alicyclic amines) is 1. The number of piperidine rings is 1. The highest BCUT2D eigenvalue weighted by atomic mass is 19.3. The van der Waals surface area contributed by atoms with E-state index in [0.717, 1.165) is 5.56 Å². The van der Waals surface area contributed by atoms with Crippen molar-refractivity contribution in [2.45, 2.75) is 24.2 Å². The van der Waals surface area contributed by atoms with Crippen molar-refractivity contribution < 1.29 is 8.78 Å². The molecule has 0 unspecified atom stereocenters. The van der Waals surface area contributed by atoms with Crippen LogP contribution < -0.4 is 0 Å². The molecule has 0 N–H and O–H groups in total. The molecule has 101 valence electrons. The lowest BCUT2D eigenvalue weighted by Gasteiger charge is -2.38. The molecule has 1 heterocycles. The van der Waals surface area contributed by atoms with E-state index in [0.29, 0.717) is 25.9 Å². The molecule has 0 atom stereocenters. The topological polar surface area (TPSA) is 27.0 Å². The minimum Gasteiger partial charge on any atom is -0.297 e. The zero-order valence-electron chi connectivity index (χ0n) is 10.8. The van der Waals surface area contributed by atoms with Gasteiger partial charge in [0, 0.05) is 20.0 Å². The molecule has 1 aliphatic heterocycles. The third-order valence-electron chi connectivity index (χ3n) is 3.70. The van der Waals surface area contributed by atoms with Crippen molar-refractivity contribution in [1.82, 2.24) is 4.90 Å². The normalized spacial score (nSPS) is 19.9. The molecule has 1 aromatic carbocycles. The lowest BCUT2D eigenvalue weighted by atomic mass is 9.74. The second-order valence-corrected chi connectivity index (χ2v) is 5.19. The lowest BCUT2D eigenvalue weighted by molar-refractivity contribution is 0.00109. The number of nitriles is 1. The van der Waals surface area contributed by atoms with Crippen LogP contribution in [0.1, 0.15) is 18.4 Å². The van der Waals surface area contributed by atoms with Gasteiger partial charge in [-0.1, -0.05) is 30.3 Å². The molecular weight excluding hydrogens is 246 g/mol. The first kappa shape index (κ1) is 14.0. The van der Waals surface area contributed by atoms with E-state index < -0.39 is 11.3 Å². The molecule has 0 aliphatic carbocycles. The molecule has 1 aliphatic rings. The number of hydrogen-bond acceptors (Lipinski definition) is 2. The van der Waals surface area contributed by atoms with Crippen molar-refractivity contribution in [3.8, 4) is 6.07 Å². The van der Waals surface area contributed by atoms with E-state index in [-0.39, 0.29) is 6.54 Å². The van der Waals surface area contributed by atoms with Gasteiger partial charge in [0.25, 0.3) is 5.92 Å². The maximum Gasteiger partial charge on any atom is 0.260 e. The number of alkyl halides is 2. The summed E-state index contributed by atoms with van der Waals surface area (Å²) in [7, 11) is 0. The molecule has 0 amide bonds. The third-order valence-corrected chi connectivity index (χ3v) is 3.70. The molecule has 0 spiro atoms. The fourth-order valence-electron chi connectivity index (χ4n) is 2.64. The Bertz CT molecular complexity index is 451. The Morgan fingerprint density at radius 1 is 1.26 bits per heavy atom. The number of benzene rings is 1. The smallest absolute Gasteiger partial charge is 0.260 e. The van der Waals surface area contributed by atoms with E-state index in [4.69, 9.17) is 0 Å². The second kappa shape index (κ2) is 5.26. The minimum atomic E-state index is -2.92. The van der Waals surface area contributed by atoms with Crippen molar-refractivity contribution in [2.75, 3.05) is 19.6 Å². The van der Waals surface area contributed by atoms with Crippen molar-refractivity contribution in [2.24, 2.45) is 0 Å². The van der Waals surface area contributed by atoms with Gasteiger partial charge in [0.1, 0.15) is 0 Å². The summed E-state index contributed by atoms with van der Waals surface area (Å²) in [5.41, 5.74) is 0.451. The zero-order valence-corrected chi connectivity index (χ0v) is 10.8. The van der Waals surface area contributed by atoms with E-state index in [2.05, 4.69) is 13.0 Å². The van der Waals surface area contributed by atoms with E-state index in [1.807, 2.05) is 30.3 Å². The zero-order chi connectivity index (χ0) is 13.9. The maximum absolute atomic E-state index is 12.9. The Morgan fingerprint density at radius 3 is 2.32 bits per heavy atom. The Balaban J connectivity index is 2.07. The van der Waals surface area contributed by atoms with Crippen molar-refractivity contribution in [3.63, 3.8) is 0 Å². The first-order chi connectivity index (χ1) is 8.95. The highest BCUT2D eigenvalue weighted by Crippen LogP contribution is 2.35. The van der Waals surface area contributed by atoms with Gasteiger partial charge in [0.05, 0.1) is 18.0 Å². The van der Waals surface area contributed by atoms with Crippen molar-refractivity contribution in [3.05, 3.63) is 42.8 Å². The van der Waals surface area contributed by atoms with E-state index in [9.17, 15) is 14.0 Å². The van der Waals surface area contributed by atoms with E-state index >= 15 is 0 Å². The molecule has 0 bridgehead atoms. The summed E-state index contributed by atoms with van der Waals surface area (Å²) in [4.78, 5) is 1.69. The Kier molecular flexibility index (Phi) is 3.86. The Hall–Kier alpha value is -1.47. The van der Waals surface area contributed by atoms with Gasteiger partial charge in [-0.25, -0.2) is 8.78 Å². The third kappa shape index (κ3) is 3.30. The molecule has 1 radical (unpaired) electrons. The molecule has 0 saturated carbocycles. The predicted octanol–water partition coefficient (Wildman–Crippen LogP) is 3.01. The first-order valence-electron chi connectivity index (χ1n) is 6.38. The highest BCUT2D eigenvalue weighted by molar-refractivity contribution is 5.33. The summed E-state index contributed by atoms with van der Waals surface area (Å²) < 4.78 is 25.8. The first-order valence-corrected chi connectivity index (χ1v) is 6.38. The molecule has 4 heteroatoms. The number of hydrogen-bond donors (Lipinski definition) is 0. The van der Waals surface area contributed by atoms with Crippen LogP contribution in [0.3, 0.4) is 0 Å². The standard InChI is InChI=1S/C15H17F2N2/c1-14(16,17)12-19-9-7-15(11-18,8-10-19)13-5-3-2-4-6-13/h2-6H,1,7-10,12H2. The summed E-state index contributed by atoms with van der Waals surface area (Å²) in [6.45, 7) is 3.52. The van der Waals surface area contributed by atoms with Gasteiger partial charge in [0.15, 0.2) is 0 Å². The quantitative estimate of drug-likeness (QED) is 0.838. The molecule has 1 saturated heterocycles. The molecule has 2 rings (SSSR count). The minimum absolute atomic E-state index is 0.330. The van der Waals surface area contributed by atoms with Crippen molar-refractivity contribution in [1.29, 1.82) is 5.26 Å². The number of halogens is 2. The van der Waals surface area contributed by atoms with Crippen LogP contribution in [0.25, 0.3) is 0 Å².